The van der Waals surface area contributed by atoms with Gasteiger partial charge in [-0.2, -0.15) is 13.2 Å². The number of hydrogen-bond acceptors (Lipinski definition) is 2. The predicted octanol–water partition coefficient (Wildman–Crippen LogP) is 2.80. The molecule has 0 unspecified atom stereocenters. The Balaban J connectivity index is 0.000000280. The molecule has 0 amide bonds. The number of fused-ring (bicyclic) bond motifs is 1. The molecule has 0 spiro atoms. The lowest BCUT2D eigenvalue weighted by Gasteiger charge is -2.06. The smallest absolute Gasteiger partial charge is 0.289 e. The number of benzene rings is 1. The standard InChI is InChI=1S/C10H6O2.CHF3/c11-9-5-6-10(12)8-4-2-1-3-7(8)9;2-1(3)4/h1-6H;1H. The van der Waals surface area contributed by atoms with Crippen molar-refractivity contribution in [1.29, 1.82) is 0 Å². The first-order valence-corrected chi connectivity index (χ1v) is 4.30. The summed E-state index contributed by atoms with van der Waals surface area (Å²) in [7, 11) is 0. The molecule has 0 fully saturated rings. The van der Waals surface area contributed by atoms with E-state index >= 15 is 0 Å². The summed E-state index contributed by atoms with van der Waals surface area (Å²) < 4.78 is 29.0. The van der Waals surface area contributed by atoms with Gasteiger partial charge in [0.05, 0.1) is 0 Å². The van der Waals surface area contributed by atoms with Gasteiger partial charge in [0.25, 0.3) is 0 Å². The number of halogens is 3. The quantitative estimate of drug-likeness (QED) is 0.684. The van der Waals surface area contributed by atoms with E-state index in [4.69, 9.17) is 0 Å². The molecule has 0 aliphatic heterocycles. The van der Waals surface area contributed by atoms with Crippen molar-refractivity contribution in [3.05, 3.63) is 47.5 Å². The molecule has 2 nitrogen and oxygen atoms in total. The summed E-state index contributed by atoms with van der Waals surface area (Å²) in [5.41, 5.74) is 1.01. The van der Waals surface area contributed by atoms with Gasteiger partial charge in [-0.15, -0.1) is 0 Å². The molecule has 0 heterocycles. The second-order valence-electron chi connectivity index (χ2n) is 2.85. The summed E-state index contributed by atoms with van der Waals surface area (Å²) in [4.78, 5) is 22.4. The van der Waals surface area contributed by atoms with Crippen LogP contribution in [-0.4, -0.2) is 18.2 Å². The summed E-state index contributed by atoms with van der Waals surface area (Å²) in [6, 6.07) is 6.84. The lowest BCUT2D eigenvalue weighted by atomic mass is 9.95. The van der Waals surface area contributed by atoms with Crippen molar-refractivity contribution in [1.82, 2.24) is 0 Å². The lowest BCUT2D eigenvalue weighted by molar-refractivity contribution is 0.00818. The number of ketones is 2. The maximum absolute atomic E-state index is 11.2. The average molecular weight is 228 g/mol. The fourth-order valence-corrected chi connectivity index (χ4v) is 1.24. The highest BCUT2D eigenvalue weighted by atomic mass is 19.4. The van der Waals surface area contributed by atoms with E-state index in [1.165, 1.54) is 12.2 Å². The second-order valence-corrected chi connectivity index (χ2v) is 2.85. The van der Waals surface area contributed by atoms with Gasteiger partial charge in [0.2, 0.25) is 0 Å². The molecule has 1 aromatic rings. The Morgan fingerprint density at radius 2 is 1.12 bits per heavy atom. The van der Waals surface area contributed by atoms with Crippen LogP contribution in [-0.2, 0) is 0 Å². The molecule has 0 atom stereocenters. The molecule has 1 aliphatic carbocycles. The van der Waals surface area contributed by atoms with E-state index < -0.39 is 6.68 Å². The molecule has 84 valence electrons. The van der Waals surface area contributed by atoms with Gasteiger partial charge in [0.1, 0.15) is 0 Å². The molecule has 0 saturated carbocycles. The highest BCUT2D eigenvalue weighted by Gasteiger charge is 2.16. The van der Waals surface area contributed by atoms with Gasteiger partial charge in [0, 0.05) is 11.1 Å². The number of carbonyl (C=O) groups is 2. The normalized spacial score (nSPS) is 13.2. The van der Waals surface area contributed by atoms with Crippen LogP contribution in [0.15, 0.2) is 36.4 Å². The first-order valence-electron chi connectivity index (χ1n) is 4.30. The molecular weight excluding hydrogens is 221 g/mol. The largest absolute Gasteiger partial charge is 0.379 e. The van der Waals surface area contributed by atoms with Crippen molar-refractivity contribution in [3.8, 4) is 0 Å². The molecule has 5 heteroatoms. The zero-order valence-electron chi connectivity index (χ0n) is 7.99. The summed E-state index contributed by atoms with van der Waals surface area (Å²) in [6.45, 7) is -3.67. The van der Waals surface area contributed by atoms with E-state index in [1.54, 1.807) is 24.3 Å². The third kappa shape index (κ3) is 3.05. The van der Waals surface area contributed by atoms with Crippen LogP contribution in [0.4, 0.5) is 13.2 Å². The van der Waals surface area contributed by atoms with E-state index in [-0.39, 0.29) is 11.6 Å². The van der Waals surface area contributed by atoms with Crippen LogP contribution in [0.1, 0.15) is 20.7 Å². The Morgan fingerprint density at radius 1 is 0.812 bits per heavy atom. The molecule has 1 aliphatic rings. The predicted molar refractivity (Wildman–Crippen MR) is 51.4 cm³/mol. The molecule has 0 radical (unpaired) electrons. The van der Waals surface area contributed by atoms with Crippen LogP contribution >= 0.6 is 0 Å². The van der Waals surface area contributed by atoms with Gasteiger partial charge < -0.3 is 0 Å². The van der Waals surface area contributed by atoms with Gasteiger partial charge in [-0.3, -0.25) is 9.59 Å². The maximum Gasteiger partial charge on any atom is 0.379 e. The highest BCUT2D eigenvalue weighted by Crippen LogP contribution is 2.15. The van der Waals surface area contributed by atoms with Crippen LogP contribution in [0.3, 0.4) is 0 Å². The maximum atomic E-state index is 11.2. The Morgan fingerprint density at radius 3 is 1.44 bits per heavy atom. The van der Waals surface area contributed by atoms with Crippen molar-refractivity contribution in [2.45, 2.75) is 6.68 Å². The molecular formula is C11H7F3O2. The van der Waals surface area contributed by atoms with Crippen LogP contribution in [0.5, 0.6) is 0 Å². The monoisotopic (exact) mass is 228 g/mol. The summed E-state index contributed by atoms with van der Waals surface area (Å²) in [5, 5.41) is 0. The van der Waals surface area contributed by atoms with E-state index in [0.717, 1.165) is 0 Å². The fraction of sp³-hybridized carbons (Fsp3) is 0.0909. The van der Waals surface area contributed by atoms with Crippen molar-refractivity contribution in [3.63, 3.8) is 0 Å². The fourth-order valence-electron chi connectivity index (χ4n) is 1.24. The molecule has 0 bridgehead atoms. The molecule has 16 heavy (non-hydrogen) atoms. The van der Waals surface area contributed by atoms with Crippen LogP contribution in [0.25, 0.3) is 0 Å². The third-order valence-electron chi connectivity index (χ3n) is 1.84. The Labute approximate surface area is 89.4 Å². The minimum Gasteiger partial charge on any atom is -0.289 e. The van der Waals surface area contributed by atoms with Crippen molar-refractivity contribution in [2.75, 3.05) is 0 Å². The van der Waals surface area contributed by atoms with Crippen LogP contribution in [0, 0.1) is 0 Å². The number of carbonyl (C=O) groups excluding carboxylic acids is 2. The SMILES string of the molecule is FC(F)F.O=C1C=CC(=O)c2ccccc21. The van der Waals surface area contributed by atoms with Gasteiger partial charge in [-0.05, 0) is 12.2 Å². The Hall–Kier alpha value is -1.91. The van der Waals surface area contributed by atoms with E-state index in [9.17, 15) is 22.8 Å². The van der Waals surface area contributed by atoms with Crippen molar-refractivity contribution >= 4 is 11.6 Å². The number of allylic oxidation sites excluding steroid dienone is 2. The first kappa shape index (κ1) is 12.2. The average Bonchev–Trinajstić information content (AvgIpc) is 2.23. The van der Waals surface area contributed by atoms with E-state index in [1.807, 2.05) is 0 Å². The van der Waals surface area contributed by atoms with E-state index in [2.05, 4.69) is 0 Å². The van der Waals surface area contributed by atoms with Crippen LogP contribution < -0.4 is 0 Å². The lowest BCUT2D eigenvalue weighted by Crippen LogP contribution is -2.10. The zero-order chi connectivity index (χ0) is 12.1. The minimum atomic E-state index is -3.67. The first-order chi connectivity index (χ1) is 7.52. The van der Waals surface area contributed by atoms with Gasteiger partial charge >= 0.3 is 6.68 Å². The second kappa shape index (κ2) is 5.25. The molecule has 0 aromatic heterocycles. The van der Waals surface area contributed by atoms with Crippen LogP contribution in [0.2, 0.25) is 0 Å². The Kier molecular flexibility index (Phi) is 3.99. The number of alkyl halides is 3. The van der Waals surface area contributed by atoms with Gasteiger partial charge in [-0.25, -0.2) is 0 Å². The third-order valence-corrected chi connectivity index (χ3v) is 1.84. The molecule has 2 rings (SSSR count). The van der Waals surface area contributed by atoms with Gasteiger partial charge in [-0.1, -0.05) is 24.3 Å². The Bertz CT molecular complexity index is 399. The highest BCUT2D eigenvalue weighted by molar-refractivity contribution is 6.21. The van der Waals surface area contributed by atoms with Crippen molar-refractivity contribution < 1.29 is 22.8 Å². The number of hydrogen-bond donors (Lipinski definition) is 0. The topological polar surface area (TPSA) is 34.1 Å². The van der Waals surface area contributed by atoms with E-state index in [0.29, 0.717) is 11.1 Å². The minimum absolute atomic E-state index is 0.0924. The summed E-state index contributed by atoms with van der Waals surface area (Å²) >= 11 is 0. The molecule has 1 aromatic carbocycles. The summed E-state index contributed by atoms with van der Waals surface area (Å²) in [6.07, 6.45) is 2.62. The van der Waals surface area contributed by atoms with Gasteiger partial charge in [0.15, 0.2) is 11.6 Å². The molecule has 0 N–H and O–H groups in total. The summed E-state index contributed by atoms with van der Waals surface area (Å²) in [5.74, 6) is -0.185. The number of rotatable bonds is 0. The van der Waals surface area contributed by atoms with Crippen molar-refractivity contribution in [2.24, 2.45) is 0 Å². The zero-order valence-corrected chi connectivity index (χ0v) is 7.99. The molecule has 0 saturated heterocycles.